The number of rotatable bonds is 4. The molecule has 3 rings (SSSR count). The standard InChI is InChI=1S/C19H28N2O/c1-15(16-7-3-2-4-8-16)20-19(22)14-21-12-11-17-9-5-6-10-18(17)13-21/h2-4,7-8,15,17-18H,5-6,9-14H2,1H3,(H,20,22)/p+1/t15-,17-,18+/m0/s1. The van der Waals surface area contributed by atoms with Crippen LogP contribution in [0.4, 0.5) is 0 Å². The summed E-state index contributed by atoms with van der Waals surface area (Å²) < 4.78 is 0. The number of amides is 1. The fraction of sp³-hybridized carbons (Fsp3) is 0.632. The number of carbonyl (C=O) groups excluding carboxylic acids is 1. The molecule has 1 aromatic rings. The number of nitrogens with one attached hydrogen (secondary N) is 2. The van der Waals surface area contributed by atoms with E-state index in [1.54, 1.807) is 0 Å². The first-order valence-electron chi connectivity index (χ1n) is 8.90. The quantitative estimate of drug-likeness (QED) is 0.876. The van der Waals surface area contributed by atoms with Crippen LogP contribution >= 0.6 is 0 Å². The smallest absolute Gasteiger partial charge is 0.275 e. The molecule has 2 fully saturated rings. The van der Waals surface area contributed by atoms with Crippen LogP contribution in [0.15, 0.2) is 30.3 Å². The van der Waals surface area contributed by atoms with Gasteiger partial charge >= 0.3 is 0 Å². The zero-order valence-electron chi connectivity index (χ0n) is 13.7. The Kier molecular flexibility index (Phi) is 5.14. The van der Waals surface area contributed by atoms with Crippen molar-refractivity contribution in [1.29, 1.82) is 0 Å². The fourth-order valence-corrected chi connectivity index (χ4v) is 4.30. The Labute approximate surface area is 134 Å². The van der Waals surface area contributed by atoms with Crippen molar-refractivity contribution in [3.63, 3.8) is 0 Å². The van der Waals surface area contributed by atoms with Gasteiger partial charge in [0.1, 0.15) is 0 Å². The molecule has 1 unspecified atom stereocenters. The highest BCUT2D eigenvalue weighted by molar-refractivity contribution is 5.77. The van der Waals surface area contributed by atoms with E-state index in [0.29, 0.717) is 6.54 Å². The topological polar surface area (TPSA) is 33.5 Å². The summed E-state index contributed by atoms with van der Waals surface area (Å²) >= 11 is 0. The van der Waals surface area contributed by atoms with Crippen molar-refractivity contribution in [2.45, 2.75) is 45.1 Å². The van der Waals surface area contributed by atoms with Gasteiger partial charge in [0.15, 0.2) is 6.54 Å². The third-order valence-corrected chi connectivity index (χ3v) is 5.57. The molecule has 1 aliphatic carbocycles. The van der Waals surface area contributed by atoms with Crippen LogP contribution in [0.1, 0.15) is 50.6 Å². The zero-order chi connectivity index (χ0) is 15.4. The van der Waals surface area contributed by atoms with Gasteiger partial charge in [-0.3, -0.25) is 4.79 Å². The van der Waals surface area contributed by atoms with Crippen LogP contribution in [-0.2, 0) is 4.79 Å². The zero-order valence-corrected chi connectivity index (χ0v) is 13.7. The molecule has 0 bridgehead atoms. The molecule has 0 radical (unpaired) electrons. The Balaban J connectivity index is 1.47. The van der Waals surface area contributed by atoms with Crippen molar-refractivity contribution in [1.82, 2.24) is 5.32 Å². The molecule has 1 aromatic carbocycles. The first-order valence-corrected chi connectivity index (χ1v) is 8.90. The summed E-state index contributed by atoms with van der Waals surface area (Å²) in [6.07, 6.45) is 6.95. The number of hydrogen-bond donors (Lipinski definition) is 2. The van der Waals surface area contributed by atoms with E-state index in [1.165, 1.54) is 55.7 Å². The largest absolute Gasteiger partial charge is 0.345 e. The summed E-state index contributed by atoms with van der Waals surface area (Å²) in [5.41, 5.74) is 1.18. The average molecular weight is 301 g/mol. The Morgan fingerprint density at radius 1 is 1.18 bits per heavy atom. The van der Waals surface area contributed by atoms with Crippen molar-refractivity contribution >= 4 is 5.91 Å². The van der Waals surface area contributed by atoms with Gasteiger partial charge in [-0.25, -0.2) is 0 Å². The van der Waals surface area contributed by atoms with Crippen molar-refractivity contribution < 1.29 is 9.69 Å². The van der Waals surface area contributed by atoms with E-state index in [-0.39, 0.29) is 11.9 Å². The van der Waals surface area contributed by atoms with E-state index in [9.17, 15) is 4.79 Å². The van der Waals surface area contributed by atoms with Crippen LogP contribution in [0, 0.1) is 11.8 Å². The SMILES string of the molecule is C[C@H](NC(=O)C[NH+]1CC[C@@H]2CCCC[C@@H]2C1)c1ccccc1. The second-order valence-electron chi connectivity index (χ2n) is 7.17. The van der Waals surface area contributed by atoms with Gasteiger partial charge in [-0.15, -0.1) is 0 Å². The molecule has 0 spiro atoms. The monoisotopic (exact) mass is 301 g/mol. The summed E-state index contributed by atoms with van der Waals surface area (Å²) in [7, 11) is 0. The van der Waals surface area contributed by atoms with Crippen molar-refractivity contribution in [2.24, 2.45) is 11.8 Å². The molecule has 2 aliphatic rings. The maximum atomic E-state index is 12.3. The van der Waals surface area contributed by atoms with Crippen LogP contribution in [0.3, 0.4) is 0 Å². The molecule has 1 saturated heterocycles. The molecule has 2 N–H and O–H groups in total. The molecule has 1 saturated carbocycles. The molecule has 120 valence electrons. The van der Waals surface area contributed by atoms with E-state index >= 15 is 0 Å². The number of piperidine rings is 1. The lowest BCUT2D eigenvalue weighted by Gasteiger charge is -2.38. The van der Waals surface area contributed by atoms with E-state index in [2.05, 4.69) is 24.4 Å². The predicted molar refractivity (Wildman–Crippen MR) is 88.6 cm³/mol. The molecule has 22 heavy (non-hydrogen) atoms. The summed E-state index contributed by atoms with van der Waals surface area (Å²) in [5.74, 6) is 2.02. The predicted octanol–water partition coefficient (Wildman–Crippen LogP) is 1.96. The first-order chi connectivity index (χ1) is 10.7. The maximum absolute atomic E-state index is 12.3. The van der Waals surface area contributed by atoms with Gasteiger partial charge in [-0.1, -0.05) is 43.2 Å². The van der Waals surface area contributed by atoms with Crippen LogP contribution in [0.5, 0.6) is 0 Å². The number of fused-ring (bicyclic) bond motifs is 1. The van der Waals surface area contributed by atoms with Crippen LogP contribution in [0.2, 0.25) is 0 Å². The van der Waals surface area contributed by atoms with Gasteiger partial charge in [-0.2, -0.15) is 0 Å². The second kappa shape index (κ2) is 7.28. The number of carbonyl (C=O) groups is 1. The minimum absolute atomic E-state index is 0.0975. The number of benzene rings is 1. The van der Waals surface area contributed by atoms with E-state index in [0.717, 1.165) is 11.8 Å². The summed E-state index contributed by atoms with van der Waals surface area (Å²) in [4.78, 5) is 13.8. The molecule has 3 heteroatoms. The first kappa shape index (κ1) is 15.5. The Bertz CT molecular complexity index is 487. The van der Waals surface area contributed by atoms with Crippen molar-refractivity contribution in [3.05, 3.63) is 35.9 Å². The Morgan fingerprint density at radius 3 is 2.68 bits per heavy atom. The van der Waals surface area contributed by atoms with E-state index < -0.39 is 0 Å². The fourth-order valence-electron chi connectivity index (χ4n) is 4.30. The van der Waals surface area contributed by atoms with Crippen molar-refractivity contribution in [2.75, 3.05) is 19.6 Å². The van der Waals surface area contributed by atoms with Crippen molar-refractivity contribution in [3.8, 4) is 0 Å². The molecular weight excluding hydrogens is 272 g/mol. The van der Waals surface area contributed by atoms with Gasteiger partial charge in [0.25, 0.3) is 5.91 Å². The highest BCUT2D eigenvalue weighted by Gasteiger charge is 2.34. The minimum Gasteiger partial charge on any atom is -0.345 e. The highest BCUT2D eigenvalue weighted by atomic mass is 16.2. The summed E-state index contributed by atoms with van der Waals surface area (Å²) in [5, 5.41) is 3.16. The lowest BCUT2D eigenvalue weighted by atomic mass is 9.75. The lowest BCUT2D eigenvalue weighted by Crippen LogP contribution is -3.15. The van der Waals surface area contributed by atoms with E-state index in [1.807, 2.05) is 18.2 Å². The third kappa shape index (κ3) is 3.89. The summed E-state index contributed by atoms with van der Waals surface area (Å²) in [6, 6.07) is 10.3. The number of quaternary nitrogens is 1. The summed E-state index contributed by atoms with van der Waals surface area (Å²) in [6.45, 7) is 5.09. The molecule has 3 nitrogen and oxygen atoms in total. The van der Waals surface area contributed by atoms with Gasteiger partial charge in [0.05, 0.1) is 19.1 Å². The van der Waals surface area contributed by atoms with Gasteiger partial charge in [-0.05, 0) is 37.7 Å². The second-order valence-corrected chi connectivity index (χ2v) is 7.17. The molecule has 1 amide bonds. The average Bonchev–Trinajstić information content (AvgIpc) is 2.55. The van der Waals surface area contributed by atoms with Gasteiger partial charge < -0.3 is 10.2 Å². The lowest BCUT2D eigenvalue weighted by molar-refractivity contribution is -0.902. The van der Waals surface area contributed by atoms with Gasteiger partial charge in [0, 0.05) is 5.92 Å². The molecular formula is C19H29N2O+. The Morgan fingerprint density at radius 2 is 1.91 bits per heavy atom. The highest BCUT2D eigenvalue weighted by Crippen LogP contribution is 2.32. The molecule has 1 aliphatic heterocycles. The van der Waals surface area contributed by atoms with Crippen LogP contribution in [-0.4, -0.2) is 25.5 Å². The van der Waals surface area contributed by atoms with E-state index in [4.69, 9.17) is 0 Å². The maximum Gasteiger partial charge on any atom is 0.275 e. The molecule has 4 atom stereocenters. The third-order valence-electron chi connectivity index (χ3n) is 5.57. The molecule has 0 aromatic heterocycles. The Hall–Kier alpha value is -1.35. The molecule has 1 heterocycles. The number of hydrogen-bond acceptors (Lipinski definition) is 1. The minimum atomic E-state index is 0.0975. The number of likely N-dealkylation sites (tertiary alicyclic amines) is 1. The van der Waals surface area contributed by atoms with Gasteiger partial charge in [0.2, 0.25) is 0 Å². The van der Waals surface area contributed by atoms with Crippen LogP contribution in [0.25, 0.3) is 0 Å². The normalized spacial score (nSPS) is 29.4. The van der Waals surface area contributed by atoms with Crippen LogP contribution < -0.4 is 10.2 Å².